The van der Waals surface area contributed by atoms with E-state index in [0.29, 0.717) is 0 Å². The number of methoxy groups -OCH3 is 1. The Kier molecular flexibility index (Phi) is 6.87. The van der Waals surface area contributed by atoms with Crippen molar-refractivity contribution in [2.45, 2.75) is 43.0 Å². The van der Waals surface area contributed by atoms with Gasteiger partial charge in [-0.3, -0.25) is 0 Å². The molecule has 1 heterocycles. The van der Waals surface area contributed by atoms with Crippen molar-refractivity contribution >= 4 is 11.6 Å². The molecule has 31 heavy (non-hydrogen) atoms. The van der Waals surface area contributed by atoms with Gasteiger partial charge in [-0.1, -0.05) is 17.7 Å². The Morgan fingerprint density at radius 2 is 1.68 bits per heavy atom. The van der Waals surface area contributed by atoms with Crippen LogP contribution in [0.25, 0.3) is 0 Å². The predicted molar refractivity (Wildman–Crippen MR) is 106 cm³/mol. The molecule has 0 radical (unpaired) electrons. The molecule has 2 aromatic carbocycles. The van der Waals surface area contributed by atoms with Gasteiger partial charge in [0, 0.05) is 10.6 Å². The molecule has 170 valence electrons. The zero-order valence-corrected chi connectivity index (χ0v) is 17.4. The Balaban J connectivity index is 2.05. The summed E-state index contributed by atoms with van der Waals surface area (Å²) >= 11 is 6.25. The third-order valence-electron chi connectivity index (χ3n) is 5.50. The van der Waals surface area contributed by atoms with Crippen molar-refractivity contribution in [1.29, 1.82) is 0 Å². The minimum atomic E-state index is -1.96. The van der Waals surface area contributed by atoms with Gasteiger partial charge in [0.1, 0.15) is 36.1 Å². The minimum Gasteiger partial charge on any atom is -0.491 e. The highest BCUT2D eigenvalue weighted by molar-refractivity contribution is 6.31. The fourth-order valence-electron chi connectivity index (χ4n) is 3.66. The van der Waals surface area contributed by atoms with Crippen LogP contribution in [0.5, 0.6) is 5.75 Å². The summed E-state index contributed by atoms with van der Waals surface area (Å²) in [5.74, 6) is -2.63. The van der Waals surface area contributed by atoms with Crippen LogP contribution in [0.3, 0.4) is 0 Å². The average molecular weight is 461 g/mol. The van der Waals surface area contributed by atoms with Crippen LogP contribution in [0.2, 0.25) is 5.02 Å². The monoisotopic (exact) mass is 460 g/mol. The van der Waals surface area contributed by atoms with Gasteiger partial charge in [-0.15, -0.1) is 0 Å². The molecule has 0 aliphatic carbocycles. The van der Waals surface area contributed by atoms with E-state index >= 15 is 0 Å². The van der Waals surface area contributed by atoms with Crippen LogP contribution < -0.4 is 4.74 Å². The van der Waals surface area contributed by atoms with Crippen LogP contribution in [0.1, 0.15) is 29.7 Å². The molecule has 7 nitrogen and oxygen atoms in total. The van der Waals surface area contributed by atoms with Crippen molar-refractivity contribution in [1.82, 2.24) is 0 Å². The van der Waals surface area contributed by atoms with E-state index in [1.54, 1.807) is 0 Å². The van der Waals surface area contributed by atoms with Gasteiger partial charge in [-0.25, -0.2) is 8.78 Å². The van der Waals surface area contributed by atoms with E-state index in [2.05, 4.69) is 4.74 Å². The lowest BCUT2D eigenvalue weighted by molar-refractivity contribution is -0.231. The molecule has 0 amide bonds. The molecule has 1 saturated heterocycles. The lowest BCUT2D eigenvalue weighted by Crippen LogP contribution is -2.55. The third kappa shape index (κ3) is 4.27. The zero-order valence-electron chi connectivity index (χ0n) is 16.7. The molecule has 3 rings (SSSR count). The summed E-state index contributed by atoms with van der Waals surface area (Å²) < 4.78 is 38.6. The SMILES string of the molecule is COc1c(F)cc(C(C)(O)c2cc(C3OC(CO)C(O)C(O)C3O)ccc2Cl)cc1F. The lowest BCUT2D eigenvalue weighted by Gasteiger charge is -2.40. The van der Waals surface area contributed by atoms with Crippen molar-refractivity contribution in [3.8, 4) is 5.75 Å². The van der Waals surface area contributed by atoms with Crippen LogP contribution in [0, 0.1) is 11.6 Å². The highest BCUT2D eigenvalue weighted by Gasteiger charge is 2.44. The van der Waals surface area contributed by atoms with Gasteiger partial charge < -0.3 is 35.0 Å². The molecule has 1 aliphatic rings. The summed E-state index contributed by atoms with van der Waals surface area (Å²) in [5, 5.41) is 50.9. The summed E-state index contributed by atoms with van der Waals surface area (Å²) in [6.07, 6.45) is -6.98. The normalized spacial score (nSPS) is 28.3. The summed E-state index contributed by atoms with van der Waals surface area (Å²) in [5.41, 5.74) is -1.80. The second-order valence-corrected chi connectivity index (χ2v) is 7.94. The van der Waals surface area contributed by atoms with Crippen LogP contribution in [-0.2, 0) is 10.3 Å². The number of rotatable bonds is 5. The van der Waals surface area contributed by atoms with Gasteiger partial charge in [-0.2, -0.15) is 0 Å². The highest BCUT2D eigenvalue weighted by atomic mass is 35.5. The van der Waals surface area contributed by atoms with Gasteiger partial charge in [0.25, 0.3) is 0 Å². The molecule has 6 unspecified atom stereocenters. The maximum absolute atomic E-state index is 14.2. The van der Waals surface area contributed by atoms with E-state index in [4.69, 9.17) is 16.3 Å². The summed E-state index contributed by atoms with van der Waals surface area (Å²) in [7, 11) is 1.11. The molecule has 5 N–H and O–H groups in total. The summed E-state index contributed by atoms with van der Waals surface area (Å²) in [6.45, 7) is 0.677. The number of aliphatic hydroxyl groups excluding tert-OH is 4. The Morgan fingerprint density at radius 1 is 1.06 bits per heavy atom. The smallest absolute Gasteiger partial charge is 0.190 e. The van der Waals surface area contributed by atoms with Crippen molar-refractivity contribution in [3.05, 3.63) is 63.7 Å². The topological polar surface area (TPSA) is 120 Å². The van der Waals surface area contributed by atoms with Crippen molar-refractivity contribution in [3.63, 3.8) is 0 Å². The lowest BCUT2D eigenvalue weighted by atomic mass is 9.85. The standard InChI is InChI=1S/C21H23ClF2O7/c1-21(29,10-6-13(23)20(30-2)14(24)7-10)11-5-9(3-4-12(11)22)19-18(28)17(27)16(26)15(8-25)31-19/h3-7,15-19,25-29H,8H2,1-2H3. The quantitative estimate of drug-likeness (QED) is 0.457. The predicted octanol–water partition coefficient (Wildman–Crippen LogP) is 1.40. The summed E-state index contributed by atoms with van der Waals surface area (Å²) in [4.78, 5) is 0. The van der Waals surface area contributed by atoms with Crippen LogP contribution in [-0.4, -0.2) is 63.7 Å². The van der Waals surface area contributed by atoms with Crippen LogP contribution in [0.15, 0.2) is 30.3 Å². The first-order valence-corrected chi connectivity index (χ1v) is 9.77. The van der Waals surface area contributed by atoms with E-state index in [0.717, 1.165) is 19.2 Å². The van der Waals surface area contributed by atoms with Gasteiger partial charge in [0.05, 0.1) is 13.7 Å². The van der Waals surface area contributed by atoms with Crippen LogP contribution in [0.4, 0.5) is 8.78 Å². The minimum absolute atomic E-state index is 0.0487. The van der Waals surface area contributed by atoms with Crippen molar-refractivity contribution < 1.29 is 43.8 Å². The fraction of sp³-hybridized carbons (Fsp3) is 0.429. The number of hydrogen-bond donors (Lipinski definition) is 5. The summed E-state index contributed by atoms with van der Waals surface area (Å²) in [6, 6.07) is 6.04. The average Bonchev–Trinajstić information content (AvgIpc) is 2.72. The van der Waals surface area contributed by atoms with Gasteiger partial charge in [0.15, 0.2) is 17.4 Å². The van der Waals surface area contributed by atoms with E-state index < -0.39 is 60.1 Å². The Morgan fingerprint density at radius 3 is 2.23 bits per heavy atom. The maximum atomic E-state index is 14.2. The number of aliphatic hydroxyl groups is 5. The zero-order chi connectivity index (χ0) is 23.1. The van der Waals surface area contributed by atoms with Crippen molar-refractivity contribution in [2.24, 2.45) is 0 Å². The number of ether oxygens (including phenoxy) is 2. The molecular formula is C21H23ClF2O7. The fourth-order valence-corrected chi connectivity index (χ4v) is 3.96. The molecule has 1 fully saturated rings. The molecule has 10 heteroatoms. The molecule has 0 aromatic heterocycles. The van der Waals surface area contributed by atoms with Gasteiger partial charge in [-0.05, 0) is 42.3 Å². The molecule has 0 saturated carbocycles. The van der Waals surface area contributed by atoms with Gasteiger partial charge >= 0.3 is 0 Å². The first kappa shape index (κ1) is 23.8. The Bertz CT molecular complexity index is 930. The molecule has 0 bridgehead atoms. The number of halogens is 3. The van der Waals surface area contributed by atoms with E-state index in [9.17, 15) is 34.3 Å². The molecular weight excluding hydrogens is 438 g/mol. The molecule has 1 aliphatic heterocycles. The van der Waals surface area contributed by atoms with E-state index in [-0.39, 0.29) is 21.7 Å². The van der Waals surface area contributed by atoms with Crippen LogP contribution >= 0.6 is 11.6 Å². The first-order chi connectivity index (χ1) is 14.5. The second kappa shape index (κ2) is 8.95. The van der Waals surface area contributed by atoms with E-state index in [1.807, 2.05) is 0 Å². The highest BCUT2D eigenvalue weighted by Crippen LogP contribution is 2.40. The van der Waals surface area contributed by atoms with Gasteiger partial charge in [0.2, 0.25) is 0 Å². The largest absolute Gasteiger partial charge is 0.491 e. The maximum Gasteiger partial charge on any atom is 0.190 e. The third-order valence-corrected chi connectivity index (χ3v) is 5.83. The molecule has 2 aromatic rings. The second-order valence-electron chi connectivity index (χ2n) is 7.53. The Hall–Kier alpha value is -1.85. The number of benzene rings is 2. The number of hydrogen-bond acceptors (Lipinski definition) is 7. The molecule has 0 spiro atoms. The Labute approximate surface area is 182 Å². The van der Waals surface area contributed by atoms with Crippen molar-refractivity contribution in [2.75, 3.05) is 13.7 Å². The van der Waals surface area contributed by atoms with E-state index in [1.165, 1.54) is 25.1 Å². The first-order valence-electron chi connectivity index (χ1n) is 9.39. The molecule has 6 atom stereocenters.